The van der Waals surface area contributed by atoms with Crippen LogP contribution in [0.25, 0.3) is 0 Å². The molecule has 0 unspecified atom stereocenters. The van der Waals surface area contributed by atoms with Crippen LogP contribution >= 0.6 is 0 Å². The second kappa shape index (κ2) is 5.01. The summed E-state index contributed by atoms with van der Waals surface area (Å²) in [7, 11) is 0. The first-order chi connectivity index (χ1) is 10.1. The molecule has 3 rings (SSSR count). The Bertz CT molecular complexity index is 709. The van der Waals surface area contributed by atoms with Gasteiger partial charge >= 0.3 is 5.97 Å². The molecule has 0 saturated carbocycles. The lowest BCUT2D eigenvalue weighted by molar-refractivity contribution is 0.0669. The summed E-state index contributed by atoms with van der Waals surface area (Å²) in [6.45, 7) is 3.00. The molecule has 0 aromatic carbocycles. The first kappa shape index (κ1) is 13.3. The summed E-state index contributed by atoms with van der Waals surface area (Å²) in [6.07, 6.45) is 1.68. The molecule has 0 saturated heterocycles. The molecule has 0 aliphatic carbocycles. The molecule has 7 heteroatoms. The smallest absolute Gasteiger partial charge is 0.356 e. The van der Waals surface area contributed by atoms with E-state index in [1.54, 1.807) is 18.0 Å². The number of hydrogen-bond donors (Lipinski definition) is 1. The fourth-order valence-corrected chi connectivity index (χ4v) is 2.49. The van der Waals surface area contributed by atoms with E-state index in [1.807, 2.05) is 18.2 Å². The zero-order valence-electron chi connectivity index (χ0n) is 11.5. The van der Waals surface area contributed by atoms with Crippen molar-refractivity contribution in [2.75, 3.05) is 6.54 Å². The maximum Gasteiger partial charge on any atom is 0.356 e. The van der Waals surface area contributed by atoms with Gasteiger partial charge in [0.1, 0.15) is 5.69 Å². The summed E-state index contributed by atoms with van der Waals surface area (Å²) in [5.74, 6) is -1.32. The lowest BCUT2D eigenvalue weighted by Gasteiger charge is -2.27. The van der Waals surface area contributed by atoms with Gasteiger partial charge in [0.15, 0.2) is 5.69 Å². The van der Waals surface area contributed by atoms with Crippen LogP contribution in [-0.4, -0.2) is 43.2 Å². The number of amides is 1. The number of aromatic carboxylic acids is 1. The van der Waals surface area contributed by atoms with Crippen LogP contribution < -0.4 is 0 Å². The summed E-state index contributed by atoms with van der Waals surface area (Å²) in [4.78, 5) is 29.5. The van der Waals surface area contributed by atoms with Crippen LogP contribution in [0.15, 0.2) is 24.4 Å². The Morgan fingerprint density at radius 3 is 2.86 bits per heavy atom. The van der Waals surface area contributed by atoms with Crippen molar-refractivity contribution in [3.63, 3.8) is 0 Å². The van der Waals surface area contributed by atoms with Crippen molar-refractivity contribution in [2.45, 2.75) is 20.0 Å². The zero-order valence-corrected chi connectivity index (χ0v) is 11.5. The number of nitrogens with zero attached hydrogens (tertiary/aromatic N) is 4. The highest BCUT2D eigenvalue weighted by molar-refractivity contribution is 5.98. The van der Waals surface area contributed by atoms with Gasteiger partial charge in [-0.25, -0.2) is 4.79 Å². The van der Waals surface area contributed by atoms with Gasteiger partial charge in [0.2, 0.25) is 0 Å². The molecular formula is C14H14N4O3. The van der Waals surface area contributed by atoms with E-state index in [4.69, 9.17) is 5.11 Å². The number of carbonyl (C=O) groups is 2. The highest BCUT2D eigenvalue weighted by atomic mass is 16.4. The van der Waals surface area contributed by atoms with Gasteiger partial charge in [0.05, 0.1) is 18.8 Å². The lowest BCUT2D eigenvalue weighted by Crippen LogP contribution is -2.40. The highest BCUT2D eigenvalue weighted by Gasteiger charge is 2.31. The normalized spacial score (nSPS) is 14.1. The second-order valence-corrected chi connectivity index (χ2v) is 4.90. The molecule has 3 heterocycles. The van der Waals surface area contributed by atoms with Crippen LogP contribution in [0.5, 0.6) is 0 Å². The number of rotatable bonds is 3. The fourth-order valence-electron chi connectivity index (χ4n) is 2.49. The third-order valence-corrected chi connectivity index (χ3v) is 3.54. The van der Waals surface area contributed by atoms with Gasteiger partial charge in [-0.3, -0.25) is 14.5 Å². The van der Waals surface area contributed by atoms with Crippen LogP contribution in [-0.2, 0) is 13.1 Å². The van der Waals surface area contributed by atoms with Gasteiger partial charge in [-0.1, -0.05) is 6.07 Å². The molecule has 0 spiro atoms. The average molecular weight is 286 g/mol. The van der Waals surface area contributed by atoms with E-state index in [1.165, 1.54) is 4.68 Å². The SMILES string of the molecule is Cc1c(C(=O)O)nn2c1C(=O)N(Cc1ccccn1)CC2. The van der Waals surface area contributed by atoms with E-state index in [2.05, 4.69) is 10.1 Å². The molecule has 2 aromatic heterocycles. The molecule has 0 radical (unpaired) electrons. The lowest BCUT2D eigenvalue weighted by atomic mass is 10.1. The summed E-state index contributed by atoms with van der Waals surface area (Å²) >= 11 is 0. The van der Waals surface area contributed by atoms with E-state index in [9.17, 15) is 9.59 Å². The minimum Gasteiger partial charge on any atom is -0.476 e. The van der Waals surface area contributed by atoms with Gasteiger partial charge in [-0.05, 0) is 19.1 Å². The minimum atomic E-state index is -1.11. The summed E-state index contributed by atoms with van der Waals surface area (Å²) in [5, 5.41) is 13.1. The molecule has 7 nitrogen and oxygen atoms in total. The number of aromatic nitrogens is 3. The van der Waals surface area contributed by atoms with Crippen molar-refractivity contribution < 1.29 is 14.7 Å². The van der Waals surface area contributed by atoms with Crippen molar-refractivity contribution in [2.24, 2.45) is 0 Å². The quantitative estimate of drug-likeness (QED) is 0.907. The molecule has 21 heavy (non-hydrogen) atoms. The first-order valence-corrected chi connectivity index (χ1v) is 6.58. The first-order valence-electron chi connectivity index (χ1n) is 6.58. The molecule has 0 fully saturated rings. The molecule has 1 aliphatic heterocycles. The molecule has 0 bridgehead atoms. The fraction of sp³-hybridized carbons (Fsp3) is 0.286. The summed E-state index contributed by atoms with van der Waals surface area (Å²) < 4.78 is 1.48. The molecule has 1 N–H and O–H groups in total. The maximum absolute atomic E-state index is 12.5. The Morgan fingerprint density at radius 2 is 2.19 bits per heavy atom. The van der Waals surface area contributed by atoms with Crippen LogP contribution in [0.2, 0.25) is 0 Å². The molecule has 0 atom stereocenters. The number of carbonyl (C=O) groups excluding carboxylic acids is 1. The van der Waals surface area contributed by atoms with Crippen LogP contribution in [0, 0.1) is 6.92 Å². The van der Waals surface area contributed by atoms with E-state index in [-0.39, 0.29) is 11.6 Å². The van der Waals surface area contributed by atoms with Gasteiger partial charge in [-0.2, -0.15) is 5.10 Å². The molecule has 1 aliphatic rings. The third-order valence-electron chi connectivity index (χ3n) is 3.54. The topological polar surface area (TPSA) is 88.3 Å². The van der Waals surface area contributed by atoms with Crippen LogP contribution in [0.3, 0.4) is 0 Å². The number of carboxylic acid groups (broad SMARTS) is 1. The Kier molecular flexibility index (Phi) is 3.17. The van der Waals surface area contributed by atoms with Gasteiger partial charge < -0.3 is 10.0 Å². The van der Waals surface area contributed by atoms with Crippen molar-refractivity contribution in [1.82, 2.24) is 19.7 Å². The molecule has 108 valence electrons. The summed E-state index contributed by atoms with van der Waals surface area (Å²) in [6, 6.07) is 5.55. The second-order valence-electron chi connectivity index (χ2n) is 4.90. The number of carboxylic acids is 1. The highest BCUT2D eigenvalue weighted by Crippen LogP contribution is 2.20. The Hall–Kier alpha value is -2.70. The standard InChI is InChI=1S/C14H14N4O3/c1-9-11(14(20)21)16-18-7-6-17(13(19)12(9)18)8-10-4-2-3-5-15-10/h2-5H,6-8H2,1H3,(H,20,21). The van der Waals surface area contributed by atoms with Crippen molar-refractivity contribution in [3.05, 3.63) is 47.0 Å². The zero-order chi connectivity index (χ0) is 15.0. The van der Waals surface area contributed by atoms with Gasteiger partial charge in [0.25, 0.3) is 5.91 Å². The van der Waals surface area contributed by atoms with E-state index >= 15 is 0 Å². The maximum atomic E-state index is 12.5. The van der Waals surface area contributed by atoms with Crippen molar-refractivity contribution >= 4 is 11.9 Å². The molecule has 1 amide bonds. The van der Waals surface area contributed by atoms with Crippen molar-refractivity contribution in [1.29, 1.82) is 0 Å². The number of hydrogen-bond acceptors (Lipinski definition) is 4. The third kappa shape index (κ3) is 2.26. The van der Waals surface area contributed by atoms with Crippen molar-refractivity contribution in [3.8, 4) is 0 Å². The van der Waals surface area contributed by atoms with E-state index in [0.29, 0.717) is 30.9 Å². The van der Waals surface area contributed by atoms with E-state index in [0.717, 1.165) is 5.69 Å². The number of fused-ring (bicyclic) bond motifs is 1. The number of pyridine rings is 1. The molecular weight excluding hydrogens is 272 g/mol. The Balaban J connectivity index is 1.90. The van der Waals surface area contributed by atoms with Crippen LogP contribution in [0.1, 0.15) is 32.2 Å². The van der Waals surface area contributed by atoms with Crippen LogP contribution in [0.4, 0.5) is 0 Å². The predicted molar refractivity (Wildman–Crippen MR) is 72.9 cm³/mol. The largest absolute Gasteiger partial charge is 0.476 e. The minimum absolute atomic E-state index is 0.0574. The molecule has 2 aromatic rings. The average Bonchev–Trinajstić information content (AvgIpc) is 2.81. The summed E-state index contributed by atoms with van der Waals surface area (Å²) in [5.41, 5.74) is 1.51. The van der Waals surface area contributed by atoms with Gasteiger partial charge in [-0.15, -0.1) is 0 Å². The van der Waals surface area contributed by atoms with E-state index < -0.39 is 5.97 Å². The Labute approximate surface area is 120 Å². The van der Waals surface area contributed by atoms with Gasteiger partial charge in [0, 0.05) is 18.3 Å². The monoisotopic (exact) mass is 286 g/mol. The Morgan fingerprint density at radius 1 is 1.38 bits per heavy atom. The predicted octanol–water partition coefficient (Wildman–Crippen LogP) is 0.941.